The second kappa shape index (κ2) is 8.43. The van der Waals surface area contributed by atoms with Crippen LogP contribution in [0.4, 0.5) is 0 Å². The van der Waals surface area contributed by atoms with Gasteiger partial charge in [-0.15, -0.1) is 0 Å². The van der Waals surface area contributed by atoms with Crippen molar-refractivity contribution < 1.29 is 9.90 Å². The van der Waals surface area contributed by atoms with Gasteiger partial charge in [-0.3, -0.25) is 4.79 Å². The first-order valence-electron chi connectivity index (χ1n) is 10.6. The van der Waals surface area contributed by atoms with E-state index < -0.39 is 11.5 Å². The van der Waals surface area contributed by atoms with Gasteiger partial charge in [-0.05, 0) is 37.8 Å². The average Bonchev–Trinajstić information content (AvgIpc) is 2.67. The van der Waals surface area contributed by atoms with E-state index in [4.69, 9.17) is 0 Å². The van der Waals surface area contributed by atoms with Gasteiger partial charge in [0.05, 0.1) is 11.0 Å². The van der Waals surface area contributed by atoms with E-state index in [1.807, 2.05) is 18.2 Å². The molecule has 1 N–H and O–H groups in total. The van der Waals surface area contributed by atoms with Crippen LogP contribution in [0, 0.1) is 0 Å². The van der Waals surface area contributed by atoms with Crippen LogP contribution in [0.15, 0.2) is 29.1 Å². The SMILES string of the molecule is O=C(O)c1nc2ccccc2n(C2CCN(C3CCCCCCC3)CC2)c1=O. The van der Waals surface area contributed by atoms with Crippen LogP contribution < -0.4 is 5.56 Å². The Bertz CT molecular complexity index is 892. The van der Waals surface area contributed by atoms with Gasteiger partial charge in [-0.1, -0.05) is 44.2 Å². The Kier molecular flexibility index (Phi) is 5.76. The van der Waals surface area contributed by atoms with Crippen LogP contribution >= 0.6 is 0 Å². The van der Waals surface area contributed by atoms with Gasteiger partial charge in [0.25, 0.3) is 5.56 Å². The third-order valence-corrected chi connectivity index (χ3v) is 6.45. The summed E-state index contributed by atoms with van der Waals surface area (Å²) in [6.45, 7) is 1.95. The molecule has 2 fully saturated rings. The molecule has 1 saturated heterocycles. The van der Waals surface area contributed by atoms with Crippen LogP contribution in [0.2, 0.25) is 0 Å². The van der Waals surface area contributed by atoms with E-state index in [1.54, 1.807) is 10.6 Å². The van der Waals surface area contributed by atoms with E-state index in [2.05, 4.69) is 9.88 Å². The Hall–Kier alpha value is -2.21. The monoisotopic (exact) mass is 383 g/mol. The van der Waals surface area contributed by atoms with Crippen molar-refractivity contribution >= 4 is 17.0 Å². The molecule has 150 valence electrons. The molecular formula is C22H29N3O3. The number of likely N-dealkylation sites (tertiary alicyclic amines) is 1. The highest BCUT2D eigenvalue weighted by Gasteiger charge is 2.28. The minimum atomic E-state index is -1.25. The lowest BCUT2D eigenvalue weighted by atomic mass is 9.93. The van der Waals surface area contributed by atoms with Crippen LogP contribution in [-0.4, -0.2) is 44.7 Å². The van der Waals surface area contributed by atoms with Gasteiger partial charge >= 0.3 is 5.97 Å². The number of benzene rings is 1. The lowest BCUT2D eigenvalue weighted by Gasteiger charge is -2.39. The molecule has 1 aliphatic heterocycles. The predicted molar refractivity (Wildman–Crippen MR) is 109 cm³/mol. The molecule has 6 heteroatoms. The zero-order chi connectivity index (χ0) is 19.5. The number of fused-ring (bicyclic) bond motifs is 1. The summed E-state index contributed by atoms with van der Waals surface area (Å²) in [5.41, 5.74) is 0.459. The Morgan fingerprint density at radius 3 is 2.25 bits per heavy atom. The van der Waals surface area contributed by atoms with Crippen LogP contribution in [0.5, 0.6) is 0 Å². The Balaban J connectivity index is 1.57. The lowest BCUT2D eigenvalue weighted by Crippen LogP contribution is -2.44. The molecule has 6 nitrogen and oxygen atoms in total. The van der Waals surface area contributed by atoms with Gasteiger partial charge in [-0.2, -0.15) is 0 Å². The number of aromatic nitrogens is 2. The van der Waals surface area contributed by atoms with E-state index in [0.29, 0.717) is 11.6 Å². The van der Waals surface area contributed by atoms with Crippen molar-refractivity contribution in [1.29, 1.82) is 0 Å². The van der Waals surface area contributed by atoms with Gasteiger partial charge < -0.3 is 14.6 Å². The van der Waals surface area contributed by atoms with Crippen molar-refractivity contribution in [2.75, 3.05) is 13.1 Å². The van der Waals surface area contributed by atoms with Gasteiger partial charge in [-0.25, -0.2) is 9.78 Å². The summed E-state index contributed by atoms with van der Waals surface area (Å²) < 4.78 is 1.70. The summed E-state index contributed by atoms with van der Waals surface area (Å²) in [6, 6.07) is 8.06. The zero-order valence-electron chi connectivity index (χ0n) is 16.3. The molecule has 1 aromatic carbocycles. The number of rotatable bonds is 3. The topological polar surface area (TPSA) is 75.4 Å². The van der Waals surface area contributed by atoms with Gasteiger partial charge in [0.15, 0.2) is 0 Å². The van der Waals surface area contributed by atoms with Crippen LogP contribution in [-0.2, 0) is 0 Å². The van der Waals surface area contributed by atoms with Gasteiger partial charge in [0, 0.05) is 25.2 Å². The van der Waals surface area contributed by atoms with Crippen LogP contribution in [0.25, 0.3) is 11.0 Å². The first kappa shape index (κ1) is 19.1. The van der Waals surface area contributed by atoms with Crippen molar-refractivity contribution in [3.05, 3.63) is 40.3 Å². The molecule has 1 aliphatic carbocycles. The lowest BCUT2D eigenvalue weighted by molar-refractivity contribution is 0.0687. The highest BCUT2D eigenvalue weighted by atomic mass is 16.4. The number of carbonyl (C=O) groups is 1. The van der Waals surface area contributed by atoms with Gasteiger partial charge in [0.1, 0.15) is 0 Å². The summed E-state index contributed by atoms with van der Waals surface area (Å²) in [5.74, 6) is -1.25. The minimum absolute atomic E-state index is 0.0308. The first-order valence-corrected chi connectivity index (χ1v) is 10.6. The summed E-state index contributed by atoms with van der Waals surface area (Å²) in [5, 5.41) is 9.43. The third kappa shape index (κ3) is 3.83. The number of nitrogens with zero attached hydrogens (tertiary/aromatic N) is 3. The number of hydrogen-bond acceptors (Lipinski definition) is 4. The molecule has 0 spiro atoms. The standard InChI is InChI=1S/C22H29N3O3/c26-21-20(22(27)28)23-18-10-6-7-11-19(18)25(21)17-12-14-24(15-13-17)16-8-4-2-1-3-5-9-16/h6-7,10-11,16-17H,1-5,8-9,12-15H2,(H,27,28). The average molecular weight is 383 g/mol. The predicted octanol–water partition coefficient (Wildman–Crippen LogP) is 3.84. The van der Waals surface area contributed by atoms with Gasteiger partial charge in [0.2, 0.25) is 5.69 Å². The fraction of sp³-hybridized carbons (Fsp3) is 0.591. The molecule has 2 aliphatic rings. The molecule has 1 saturated carbocycles. The van der Waals surface area contributed by atoms with E-state index >= 15 is 0 Å². The molecule has 28 heavy (non-hydrogen) atoms. The van der Waals surface area contributed by atoms with Crippen LogP contribution in [0.3, 0.4) is 0 Å². The van der Waals surface area contributed by atoms with E-state index in [9.17, 15) is 14.7 Å². The van der Waals surface area contributed by atoms with Crippen molar-refractivity contribution in [3.63, 3.8) is 0 Å². The molecule has 0 amide bonds. The summed E-state index contributed by atoms with van der Waals surface area (Å²) >= 11 is 0. The molecule has 2 heterocycles. The number of piperidine rings is 1. The summed E-state index contributed by atoms with van der Waals surface area (Å²) in [7, 11) is 0. The second-order valence-corrected chi connectivity index (χ2v) is 8.20. The second-order valence-electron chi connectivity index (χ2n) is 8.20. The Morgan fingerprint density at radius 2 is 1.57 bits per heavy atom. The maximum Gasteiger partial charge on any atom is 0.360 e. The highest BCUT2D eigenvalue weighted by Crippen LogP contribution is 2.29. The Morgan fingerprint density at radius 1 is 0.929 bits per heavy atom. The molecule has 0 unspecified atom stereocenters. The number of hydrogen-bond donors (Lipinski definition) is 1. The van der Waals surface area contributed by atoms with Crippen molar-refractivity contribution in [3.8, 4) is 0 Å². The quantitative estimate of drug-likeness (QED) is 0.871. The fourth-order valence-corrected chi connectivity index (χ4v) is 4.96. The first-order chi connectivity index (χ1) is 13.6. The maximum atomic E-state index is 12.9. The van der Waals surface area contributed by atoms with Crippen molar-refractivity contribution in [2.24, 2.45) is 0 Å². The Labute approximate surface area is 165 Å². The van der Waals surface area contributed by atoms with Crippen LogP contribution in [0.1, 0.15) is 74.3 Å². The zero-order valence-corrected chi connectivity index (χ0v) is 16.3. The maximum absolute atomic E-state index is 12.9. The largest absolute Gasteiger partial charge is 0.476 e. The molecule has 1 aromatic heterocycles. The summed E-state index contributed by atoms with van der Waals surface area (Å²) in [4.78, 5) is 31.1. The minimum Gasteiger partial charge on any atom is -0.476 e. The highest BCUT2D eigenvalue weighted by molar-refractivity contribution is 5.88. The number of carboxylic acids is 1. The molecule has 2 aromatic rings. The normalized spacial score (nSPS) is 20.7. The fourth-order valence-electron chi connectivity index (χ4n) is 4.96. The molecule has 0 radical (unpaired) electrons. The van der Waals surface area contributed by atoms with Crippen molar-refractivity contribution in [1.82, 2.24) is 14.5 Å². The van der Waals surface area contributed by atoms with E-state index in [1.165, 1.54) is 44.9 Å². The van der Waals surface area contributed by atoms with E-state index in [0.717, 1.165) is 31.4 Å². The number of carboxylic acid groups (broad SMARTS) is 1. The third-order valence-electron chi connectivity index (χ3n) is 6.45. The molecule has 0 atom stereocenters. The summed E-state index contributed by atoms with van der Waals surface area (Å²) in [6.07, 6.45) is 11.0. The number of aromatic carboxylic acids is 1. The number of para-hydroxylation sites is 2. The smallest absolute Gasteiger partial charge is 0.360 e. The molecular weight excluding hydrogens is 354 g/mol. The molecule has 0 bridgehead atoms. The van der Waals surface area contributed by atoms with Crippen molar-refractivity contribution in [2.45, 2.75) is 69.9 Å². The molecule has 4 rings (SSSR count). The van der Waals surface area contributed by atoms with E-state index in [-0.39, 0.29) is 11.7 Å².